The van der Waals surface area contributed by atoms with Gasteiger partial charge in [0.1, 0.15) is 6.54 Å². The molecule has 1 atom stereocenters. The van der Waals surface area contributed by atoms with E-state index in [4.69, 9.17) is 11.6 Å². The molecule has 34 heavy (non-hydrogen) atoms. The molecule has 1 saturated heterocycles. The maximum Gasteiger partial charge on any atom is 0.269 e. The second kappa shape index (κ2) is 8.49. The number of benzene rings is 3. The molecule has 0 aromatic heterocycles. The highest BCUT2D eigenvalue weighted by atomic mass is 35.5. The number of nitrogens with zero attached hydrogens (tertiary/aromatic N) is 2. The molecule has 5 rings (SSSR count). The van der Waals surface area contributed by atoms with E-state index in [1.54, 1.807) is 24.3 Å². The van der Waals surface area contributed by atoms with Crippen LogP contribution in [0.5, 0.6) is 0 Å². The van der Waals surface area contributed by atoms with Gasteiger partial charge < -0.3 is 5.32 Å². The van der Waals surface area contributed by atoms with Crippen molar-refractivity contribution in [1.29, 1.82) is 0 Å². The lowest BCUT2D eigenvalue weighted by atomic mass is 10.0. The molecule has 3 amide bonds. The lowest BCUT2D eigenvalue weighted by Crippen LogP contribution is -2.50. The van der Waals surface area contributed by atoms with Crippen molar-refractivity contribution in [3.63, 3.8) is 0 Å². The highest BCUT2D eigenvalue weighted by molar-refractivity contribution is 8.02. The number of thioether (sulfide) groups is 1. The van der Waals surface area contributed by atoms with Crippen LogP contribution in [0.3, 0.4) is 0 Å². The molecule has 0 bridgehead atoms. The first-order valence-electron chi connectivity index (χ1n) is 10.8. The van der Waals surface area contributed by atoms with E-state index in [0.29, 0.717) is 27.6 Å². The van der Waals surface area contributed by atoms with Gasteiger partial charge in [-0.05, 0) is 55.3 Å². The van der Waals surface area contributed by atoms with Crippen LogP contribution in [0.2, 0.25) is 5.02 Å². The minimum atomic E-state index is -1.28. The third kappa shape index (κ3) is 3.56. The highest BCUT2D eigenvalue weighted by Gasteiger charge is 2.61. The number of hydrogen-bond donors (Lipinski definition) is 1. The standard InChI is InChI=1S/C26H22ClN3O3S/c1-16-10-11-17(2)21(12-16)28-23(31)14-29-22-9-4-3-8-20(22)26(25(29)33)30(24(32)15-34-26)19-7-5-6-18(27)13-19/h3-13H,14-15H2,1-2H3,(H,28,31)/t26-/m1/s1. The average Bonchev–Trinajstić information content (AvgIpc) is 3.27. The summed E-state index contributed by atoms with van der Waals surface area (Å²) in [6.07, 6.45) is 0. The molecular formula is C26H22ClN3O3S. The fourth-order valence-electron chi connectivity index (χ4n) is 4.53. The average molecular weight is 492 g/mol. The molecule has 0 aliphatic carbocycles. The maximum atomic E-state index is 14.0. The monoisotopic (exact) mass is 491 g/mol. The molecule has 172 valence electrons. The lowest BCUT2D eigenvalue weighted by molar-refractivity contribution is -0.124. The van der Waals surface area contributed by atoms with Crippen LogP contribution in [-0.2, 0) is 19.3 Å². The number of rotatable bonds is 4. The molecule has 1 N–H and O–H groups in total. The minimum Gasteiger partial charge on any atom is -0.324 e. The van der Waals surface area contributed by atoms with Crippen molar-refractivity contribution in [2.75, 3.05) is 27.4 Å². The molecule has 6 nitrogen and oxygen atoms in total. The summed E-state index contributed by atoms with van der Waals surface area (Å²) in [5.41, 5.74) is 4.54. The lowest BCUT2D eigenvalue weighted by Gasteiger charge is -2.33. The van der Waals surface area contributed by atoms with E-state index in [1.807, 2.05) is 56.3 Å². The Bertz CT molecular complexity index is 1340. The second-order valence-electron chi connectivity index (χ2n) is 8.42. The number of anilines is 3. The number of para-hydroxylation sites is 1. The molecule has 1 fully saturated rings. The number of halogens is 1. The molecule has 2 aliphatic rings. The van der Waals surface area contributed by atoms with Crippen LogP contribution < -0.4 is 15.1 Å². The van der Waals surface area contributed by atoms with E-state index in [9.17, 15) is 14.4 Å². The Labute approximate surface area is 206 Å². The van der Waals surface area contributed by atoms with Crippen molar-refractivity contribution < 1.29 is 14.4 Å². The van der Waals surface area contributed by atoms with Crippen molar-refractivity contribution in [3.8, 4) is 0 Å². The van der Waals surface area contributed by atoms with E-state index in [0.717, 1.165) is 11.1 Å². The van der Waals surface area contributed by atoms with Gasteiger partial charge in [-0.15, -0.1) is 11.8 Å². The molecule has 0 unspecified atom stereocenters. The van der Waals surface area contributed by atoms with Gasteiger partial charge >= 0.3 is 0 Å². The van der Waals surface area contributed by atoms with Crippen molar-refractivity contribution in [2.45, 2.75) is 18.7 Å². The van der Waals surface area contributed by atoms with E-state index in [2.05, 4.69) is 5.32 Å². The number of fused-ring (bicyclic) bond motifs is 2. The van der Waals surface area contributed by atoms with Crippen LogP contribution in [0.1, 0.15) is 16.7 Å². The number of carbonyl (C=O) groups is 3. The largest absolute Gasteiger partial charge is 0.324 e. The number of nitrogens with one attached hydrogen (secondary N) is 1. The Kier molecular flexibility index (Phi) is 5.62. The molecule has 3 aromatic carbocycles. The quantitative estimate of drug-likeness (QED) is 0.565. The Morgan fingerprint density at radius 3 is 2.65 bits per heavy atom. The van der Waals surface area contributed by atoms with Gasteiger partial charge in [0, 0.05) is 22.0 Å². The molecule has 2 aliphatic heterocycles. The zero-order chi connectivity index (χ0) is 24.0. The molecule has 2 heterocycles. The van der Waals surface area contributed by atoms with Crippen LogP contribution in [0, 0.1) is 13.8 Å². The van der Waals surface area contributed by atoms with Crippen LogP contribution >= 0.6 is 23.4 Å². The summed E-state index contributed by atoms with van der Waals surface area (Å²) in [6.45, 7) is 3.71. The second-order valence-corrected chi connectivity index (χ2v) is 10.0. The smallest absolute Gasteiger partial charge is 0.269 e. The van der Waals surface area contributed by atoms with Crippen LogP contribution in [0.4, 0.5) is 17.1 Å². The predicted octanol–water partition coefficient (Wildman–Crippen LogP) is 4.87. The third-order valence-corrected chi connectivity index (χ3v) is 7.72. The van der Waals surface area contributed by atoms with Crippen molar-refractivity contribution in [1.82, 2.24) is 0 Å². The van der Waals surface area contributed by atoms with Crippen molar-refractivity contribution in [3.05, 3.63) is 88.4 Å². The number of amides is 3. The Hall–Kier alpha value is -3.29. The number of hydrogen-bond acceptors (Lipinski definition) is 4. The van der Waals surface area contributed by atoms with Gasteiger partial charge in [-0.2, -0.15) is 0 Å². The predicted molar refractivity (Wildman–Crippen MR) is 136 cm³/mol. The van der Waals surface area contributed by atoms with Crippen molar-refractivity contribution >= 4 is 58.1 Å². The topological polar surface area (TPSA) is 69.7 Å². The molecular weight excluding hydrogens is 470 g/mol. The first-order chi connectivity index (χ1) is 16.3. The first-order valence-corrected chi connectivity index (χ1v) is 12.2. The molecule has 0 radical (unpaired) electrons. The zero-order valence-electron chi connectivity index (χ0n) is 18.7. The van der Waals surface area contributed by atoms with Gasteiger partial charge in [-0.1, -0.05) is 48.0 Å². The fourth-order valence-corrected chi connectivity index (χ4v) is 6.08. The summed E-state index contributed by atoms with van der Waals surface area (Å²) >= 11 is 7.48. The number of aryl methyl sites for hydroxylation is 2. The van der Waals surface area contributed by atoms with Crippen LogP contribution in [0.25, 0.3) is 0 Å². The third-order valence-electron chi connectivity index (χ3n) is 6.10. The summed E-state index contributed by atoms with van der Waals surface area (Å²) < 4.78 is 0. The van der Waals surface area contributed by atoms with Gasteiger partial charge in [0.2, 0.25) is 16.7 Å². The minimum absolute atomic E-state index is 0.148. The van der Waals surface area contributed by atoms with Crippen LogP contribution in [-0.4, -0.2) is 30.0 Å². The summed E-state index contributed by atoms with van der Waals surface area (Å²) in [5.74, 6) is -0.662. The van der Waals surface area contributed by atoms with Crippen molar-refractivity contribution in [2.24, 2.45) is 0 Å². The SMILES string of the molecule is Cc1ccc(C)c(NC(=O)CN2C(=O)[C@]3(SCC(=O)N3c3cccc(Cl)c3)c3ccccc32)c1. The van der Waals surface area contributed by atoms with Crippen LogP contribution in [0.15, 0.2) is 66.7 Å². The molecule has 0 saturated carbocycles. The Morgan fingerprint density at radius 1 is 1.06 bits per heavy atom. The summed E-state index contributed by atoms with van der Waals surface area (Å²) in [5, 5.41) is 3.40. The first kappa shape index (κ1) is 22.5. The fraction of sp³-hybridized carbons (Fsp3) is 0.192. The van der Waals surface area contributed by atoms with Gasteiger partial charge in [-0.25, -0.2) is 0 Å². The molecule has 3 aromatic rings. The highest BCUT2D eigenvalue weighted by Crippen LogP contribution is 2.55. The van der Waals surface area contributed by atoms with Gasteiger partial charge in [0.15, 0.2) is 0 Å². The van der Waals surface area contributed by atoms with Gasteiger partial charge in [-0.3, -0.25) is 24.2 Å². The summed E-state index contributed by atoms with van der Waals surface area (Å²) in [4.78, 5) is 41.8. The van der Waals surface area contributed by atoms with E-state index < -0.39 is 4.87 Å². The Balaban J connectivity index is 1.52. The summed E-state index contributed by atoms with van der Waals surface area (Å²) in [6, 6.07) is 20.1. The van der Waals surface area contributed by atoms with Gasteiger partial charge in [0.05, 0.1) is 11.4 Å². The molecule has 1 spiro atoms. The zero-order valence-corrected chi connectivity index (χ0v) is 20.2. The normalized spacial score (nSPS) is 19.1. The Morgan fingerprint density at radius 2 is 1.85 bits per heavy atom. The molecule has 8 heteroatoms. The van der Waals surface area contributed by atoms with Gasteiger partial charge in [0.25, 0.3) is 5.91 Å². The van der Waals surface area contributed by atoms with E-state index in [1.165, 1.54) is 21.6 Å². The van der Waals surface area contributed by atoms with E-state index in [-0.39, 0.29) is 30.0 Å². The number of carbonyl (C=O) groups excluding carboxylic acids is 3. The summed E-state index contributed by atoms with van der Waals surface area (Å²) in [7, 11) is 0. The van der Waals surface area contributed by atoms with E-state index >= 15 is 0 Å². The maximum absolute atomic E-state index is 14.0.